The second-order valence-electron chi connectivity index (χ2n) is 7.13. The lowest BCUT2D eigenvalue weighted by Crippen LogP contribution is -2.49. The summed E-state index contributed by atoms with van der Waals surface area (Å²) in [6.45, 7) is 1.62. The number of nitrogens with one attached hydrogen (secondary N) is 2. The highest BCUT2D eigenvalue weighted by atomic mass is 32.1. The molecular weight excluding hydrogens is 550 g/mol. The third-order valence-corrected chi connectivity index (χ3v) is 5.19. The van der Waals surface area contributed by atoms with Crippen LogP contribution in [0.5, 0.6) is 0 Å². The number of rotatable bonds is 5. The van der Waals surface area contributed by atoms with Crippen LogP contribution in [-0.4, -0.2) is 48.5 Å². The predicted molar refractivity (Wildman–Crippen MR) is 120 cm³/mol. The average molecular weight is 568 g/mol. The van der Waals surface area contributed by atoms with Gasteiger partial charge in [-0.2, -0.15) is 31.4 Å². The molecule has 5 N–H and O–H groups in total. The number of carbonyl (C=O) groups excluding carboxylic acids is 1. The van der Waals surface area contributed by atoms with Crippen molar-refractivity contribution < 1.29 is 41.4 Å². The molecule has 0 atom stereocenters. The molecule has 19 heteroatoms. The van der Waals surface area contributed by atoms with E-state index >= 15 is 0 Å². The topological polar surface area (TPSA) is 176 Å². The Hall–Kier alpha value is -4.42. The maximum absolute atomic E-state index is 13.9. The van der Waals surface area contributed by atoms with Crippen molar-refractivity contribution in [2.45, 2.75) is 25.7 Å². The first-order valence-corrected chi connectivity index (χ1v) is 11.0. The minimum Gasteiger partial charge on any atom is -0.369 e. The lowest BCUT2D eigenvalue weighted by atomic mass is 10.1. The normalized spacial score (nSPS) is 11.3. The second-order valence-corrected chi connectivity index (χ2v) is 7.97. The van der Waals surface area contributed by atoms with Crippen LogP contribution in [0.3, 0.4) is 0 Å². The molecule has 0 radical (unpaired) electrons. The zero-order valence-corrected chi connectivity index (χ0v) is 19.9. The summed E-state index contributed by atoms with van der Waals surface area (Å²) in [5.41, 5.74) is 4.28. The SMILES string of the molecule is CCCN(NC(=N)N)C(=O)c1cnn(-c2nc(-c3cccc(C(F)(F)F)c3)cs2)c1C(F)(F)F.O=[N+]([O-])O. The van der Waals surface area contributed by atoms with Crippen molar-refractivity contribution in [3.05, 3.63) is 62.8 Å². The van der Waals surface area contributed by atoms with E-state index in [4.69, 9.17) is 26.5 Å². The zero-order valence-electron chi connectivity index (χ0n) is 19.0. The van der Waals surface area contributed by atoms with Crippen LogP contribution in [0.1, 0.15) is 35.0 Å². The molecule has 0 aliphatic rings. The quantitative estimate of drug-likeness (QED) is 0.118. The van der Waals surface area contributed by atoms with Crippen LogP contribution in [0, 0.1) is 15.5 Å². The van der Waals surface area contributed by atoms with Gasteiger partial charge in [-0.15, -0.1) is 21.5 Å². The fourth-order valence-corrected chi connectivity index (χ4v) is 3.79. The number of guanidine groups is 1. The molecule has 0 saturated carbocycles. The molecule has 0 aliphatic carbocycles. The summed E-state index contributed by atoms with van der Waals surface area (Å²) in [6, 6.07) is 4.19. The first kappa shape index (κ1) is 29.8. The second kappa shape index (κ2) is 11.8. The molecule has 2 aromatic heterocycles. The molecule has 38 heavy (non-hydrogen) atoms. The molecule has 0 bridgehead atoms. The van der Waals surface area contributed by atoms with Gasteiger partial charge in [-0.3, -0.25) is 15.6 Å². The summed E-state index contributed by atoms with van der Waals surface area (Å²) in [4.78, 5) is 25.1. The van der Waals surface area contributed by atoms with Crippen LogP contribution < -0.4 is 11.2 Å². The Balaban J connectivity index is 0.00000118. The van der Waals surface area contributed by atoms with E-state index in [0.29, 0.717) is 28.6 Å². The summed E-state index contributed by atoms with van der Waals surface area (Å²) in [6.07, 6.45) is -8.57. The number of nitrogens with zero attached hydrogens (tertiary/aromatic N) is 5. The summed E-state index contributed by atoms with van der Waals surface area (Å²) < 4.78 is 81.2. The van der Waals surface area contributed by atoms with Crippen LogP contribution in [0.4, 0.5) is 26.3 Å². The molecule has 0 aliphatic heterocycles. The third-order valence-electron chi connectivity index (χ3n) is 4.37. The molecule has 1 aromatic carbocycles. The first-order valence-electron chi connectivity index (χ1n) is 10.1. The highest BCUT2D eigenvalue weighted by molar-refractivity contribution is 7.12. The van der Waals surface area contributed by atoms with Gasteiger partial charge in [-0.25, -0.2) is 14.7 Å². The van der Waals surface area contributed by atoms with E-state index in [1.54, 1.807) is 6.92 Å². The van der Waals surface area contributed by atoms with Gasteiger partial charge in [0.15, 0.2) is 5.69 Å². The van der Waals surface area contributed by atoms with E-state index in [0.717, 1.165) is 23.2 Å². The third kappa shape index (κ3) is 7.54. The molecule has 0 fully saturated rings. The number of alkyl halides is 6. The number of benzene rings is 1. The fraction of sp³-hybridized carbons (Fsp3) is 0.263. The highest BCUT2D eigenvalue weighted by Crippen LogP contribution is 2.36. The molecule has 1 amide bonds. The zero-order chi connectivity index (χ0) is 28.8. The van der Waals surface area contributed by atoms with E-state index < -0.39 is 46.1 Å². The van der Waals surface area contributed by atoms with E-state index in [-0.39, 0.29) is 22.9 Å². The van der Waals surface area contributed by atoms with Crippen molar-refractivity contribution >= 4 is 23.2 Å². The fourth-order valence-electron chi connectivity index (χ4n) is 2.99. The molecule has 3 rings (SSSR count). The smallest absolute Gasteiger partial charge is 0.369 e. The molecule has 206 valence electrons. The lowest BCUT2D eigenvalue weighted by Gasteiger charge is -2.23. The molecule has 0 unspecified atom stereocenters. The number of hydrogen-bond acceptors (Lipinski definition) is 7. The van der Waals surface area contributed by atoms with E-state index in [2.05, 4.69) is 15.5 Å². The summed E-state index contributed by atoms with van der Waals surface area (Å²) >= 11 is 0.709. The van der Waals surface area contributed by atoms with Gasteiger partial charge in [0.1, 0.15) is 0 Å². The molecule has 3 aromatic rings. The van der Waals surface area contributed by atoms with Gasteiger partial charge < -0.3 is 10.9 Å². The van der Waals surface area contributed by atoms with E-state index in [1.807, 2.05) is 0 Å². The molecular formula is C19H18F6N8O4S. The van der Waals surface area contributed by atoms with Crippen LogP contribution in [-0.2, 0) is 12.4 Å². The number of aromatic nitrogens is 3. The number of thiazole rings is 1. The van der Waals surface area contributed by atoms with Crippen molar-refractivity contribution in [1.29, 1.82) is 5.41 Å². The minimum atomic E-state index is -5.03. The van der Waals surface area contributed by atoms with Crippen molar-refractivity contribution in [1.82, 2.24) is 25.2 Å². The minimum absolute atomic E-state index is 0.00783. The highest BCUT2D eigenvalue weighted by Gasteiger charge is 2.42. The van der Waals surface area contributed by atoms with Crippen molar-refractivity contribution in [2.75, 3.05) is 6.54 Å². The van der Waals surface area contributed by atoms with Gasteiger partial charge >= 0.3 is 12.4 Å². The average Bonchev–Trinajstić information content (AvgIpc) is 3.44. The van der Waals surface area contributed by atoms with Crippen LogP contribution >= 0.6 is 11.3 Å². The van der Waals surface area contributed by atoms with E-state index in [1.165, 1.54) is 11.4 Å². The predicted octanol–water partition coefficient (Wildman–Crippen LogP) is 3.94. The number of nitrogens with two attached hydrogens (primary N) is 1. The Morgan fingerprint density at radius 3 is 2.45 bits per heavy atom. The van der Waals surface area contributed by atoms with Gasteiger partial charge in [-0.05, 0) is 18.6 Å². The first-order chi connectivity index (χ1) is 17.6. The Morgan fingerprint density at radius 1 is 1.29 bits per heavy atom. The Kier molecular flexibility index (Phi) is 9.22. The van der Waals surface area contributed by atoms with E-state index in [9.17, 15) is 31.1 Å². The van der Waals surface area contributed by atoms with Crippen LogP contribution in [0.15, 0.2) is 35.8 Å². The number of hydrogen-bond donors (Lipinski definition) is 4. The largest absolute Gasteiger partial charge is 0.434 e. The van der Waals surface area contributed by atoms with Gasteiger partial charge in [0.25, 0.3) is 11.0 Å². The van der Waals surface area contributed by atoms with Crippen molar-refractivity contribution in [2.24, 2.45) is 5.73 Å². The standard InChI is InChI=1S/C19H17F6N7OS.HNO3/c1-2-6-31(30-16(26)27)15(33)12-8-28-32(14(12)19(23,24)25)17-29-13(9-34-17)10-4-3-5-11(7-10)18(20,21)22;2-1(3)4/h3-5,7-9H,2,6H2,1H3,(H4,26,27,30);(H,2,3,4). The number of halogens is 6. The number of carbonyl (C=O) groups is 1. The summed E-state index contributed by atoms with van der Waals surface area (Å²) in [7, 11) is 0. The van der Waals surface area contributed by atoms with Crippen LogP contribution in [0.2, 0.25) is 0 Å². The Bertz CT molecular complexity index is 1300. The Morgan fingerprint density at radius 2 is 1.92 bits per heavy atom. The molecule has 0 spiro atoms. The van der Waals surface area contributed by atoms with Gasteiger partial charge in [0.2, 0.25) is 11.1 Å². The van der Waals surface area contributed by atoms with Crippen molar-refractivity contribution in [3.8, 4) is 16.4 Å². The monoisotopic (exact) mass is 568 g/mol. The number of hydrazine groups is 1. The van der Waals surface area contributed by atoms with Gasteiger partial charge in [-0.1, -0.05) is 19.1 Å². The molecule has 12 nitrogen and oxygen atoms in total. The maximum Gasteiger partial charge on any atom is 0.434 e. The summed E-state index contributed by atoms with van der Waals surface area (Å²) in [5.74, 6) is -1.77. The lowest BCUT2D eigenvalue weighted by molar-refractivity contribution is -0.742. The van der Waals surface area contributed by atoms with Gasteiger partial charge in [0.05, 0.1) is 23.0 Å². The van der Waals surface area contributed by atoms with Crippen molar-refractivity contribution in [3.63, 3.8) is 0 Å². The Labute approximate surface area is 212 Å². The molecule has 2 heterocycles. The van der Waals surface area contributed by atoms with Gasteiger partial charge in [0, 0.05) is 17.5 Å². The summed E-state index contributed by atoms with van der Waals surface area (Å²) in [5, 5.41) is 26.3. The maximum atomic E-state index is 13.9. The number of amides is 1. The molecule has 0 saturated heterocycles. The van der Waals surface area contributed by atoms with Crippen LogP contribution in [0.25, 0.3) is 16.4 Å².